The van der Waals surface area contributed by atoms with Crippen LogP contribution in [0.5, 0.6) is 11.5 Å². The minimum Gasteiger partial charge on any atom is -0.497 e. The van der Waals surface area contributed by atoms with Crippen LogP contribution in [0, 0.1) is 6.57 Å². The van der Waals surface area contributed by atoms with Gasteiger partial charge in [0, 0.05) is 17.9 Å². The van der Waals surface area contributed by atoms with Crippen LogP contribution in [0.1, 0.15) is 5.56 Å². The van der Waals surface area contributed by atoms with E-state index in [-0.39, 0.29) is 22.8 Å². The molecule has 0 saturated heterocycles. The summed E-state index contributed by atoms with van der Waals surface area (Å²) in [5, 5.41) is 0. The monoisotopic (exact) mass is 371 g/mol. The van der Waals surface area contributed by atoms with E-state index in [1.165, 1.54) is 18.2 Å². The molecule has 0 spiro atoms. The largest absolute Gasteiger partial charge is 0.497 e. The first-order valence-corrected chi connectivity index (χ1v) is 9.33. The van der Waals surface area contributed by atoms with E-state index < -0.39 is 9.84 Å². The van der Waals surface area contributed by atoms with Gasteiger partial charge in [0.25, 0.3) is 0 Å². The van der Waals surface area contributed by atoms with Crippen molar-refractivity contribution in [2.75, 3.05) is 20.5 Å². The van der Waals surface area contributed by atoms with Crippen LogP contribution in [-0.4, -0.2) is 34.9 Å². The quantitative estimate of drug-likeness (QED) is 0.573. The van der Waals surface area contributed by atoms with E-state index in [0.717, 1.165) is 11.8 Å². The van der Waals surface area contributed by atoms with Crippen LogP contribution in [0.4, 0.5) is 11.4 Å². The van der Waals surface area contributed by atoms with E-state index in [4.69, 9.17) is 16.0 Å². The van der Waals surface area contributed by atoms with Crippen molar-refractivity contribution in [1.29, 1.82) is 0 Å². The zero-order chi connectivity index (χ0) is 19.2. The van der Waals surface area contributed by atoms with E-state index in [0.29, 0.717) is 11.5 Å². The van der Waals surface area contributed by atoms with Gasteiger partial charge in [0.15, 0.2) is 9.84 Å². The Balaban J connectivity index is 2.29. The predicted molar refractivity (Wildman–Crippen MR) is 98.6 cm³/mol. The highest BCUT2D eigenvalue weighted by atomic mass is 32.2. The lowest BCUT2D eigenvalue weighted by Crippen LogP contribution is -1.95. The average molecular weight is 371 g/mol. The maximum atomic E-state index is 11.6. The van der Waals surface area contributed by atoms with Gasteiger partial charge >= 0.3 is 0 Å². The van der Waals surface area contributed by atoms with E-state index >= 15 is 0 Å². The second kappa shape index (κ2) is 8.30. The number of rotatable bonds is 6. The molecule has 0 aromatic heterocycles. The van der Waals surface area contributed by atoms with Gasteiger partial charge < -0.3 is 9.47 Å². The normalized spacial score (nSPS) is 10.4. The molecule has 0 unspecified atom stereocenters. The lowest BCUT2D eigenvalue weighted by Gasteiger charge is -2.07. The molecule has 0 aliphatic rings. The fourth-order valence-electron chi connectivity index (χ4n) is 2.11. The van der Waals surface area contributed by atoms with Crippen molar-refractivity contribution in [1.82, 2.24) is 0 Å². The number of hydrogen-bond acceptors (Lipinski definition) is 6. The Bertz CT molecular complexity index is 1020. The van der Waals surface area contributed by atoms with Crippen molar-refractivity contribution in [2.45, 2.75) is 11.4 Å². The van der Waals surface area contributed by atoms with Crippen molar-refractivity contribution >= 4 is 27.2 Å². The number of hydrogen-bond donors (Lipinski definition) is 0. The molecule has 0 N–H and O–H groups in total. The van der Waals surface area contributed by atoms with Gasteiger partial charge in [0.2, 0.25) is 5.69 Å². The highest BCUT2D eigenvalue weighted by molar-refractivity contribution is 7.90. The number of methoxy groups -OCH3 is 2. The SMILES string of the molecule is [C-]#[N+]c1ccc(S(C)(=O)=O)cc1N=C=NCc1ccc(OC)cc1OC. The summed E-state index contributed by atoms with van der Waals surface area (Å²) < 4.78 is 33.7. The summed E-state index contributed by atoms with van der Waals surface area (Å²) in [6.07, 6.45) is 1.09. The molecule has 0 bridgehead atoms. The summed E-state index contributed by atoms with van der Waals surface area (Å²) in [4.78, 5) is 11.5. The fraction of sp³-hybridized carbons (Fsp3) is 0.222. The number of ether oxygens (including phenoxy) is 2. The molecule has 0 radical (unpaired) electrons. The average Bonchev–Trinajstić information content (AvgIpc) is 2.64. The Hall–Kier alpha value is -3.14. The Morgan fingerprint density at radius 2 is 1.92 bits per heavy atom. The number of benzene rings is 2. The van der Waals surface area contributed by atoms with Crippen molar-refractivity contribution < 1.29 is 17.9 Å². The van der Waals surface area contributed by atoms with Gasteiger partial charge in [-0.2, -0.15) is 4.99 Å². The molecule has 0 aliphatic heterocycles. The molecular weight excluding hydrogens is 354 g/mol. The second-order valence-electron chi connectivity index (χ2n) is 5.24. The standard InChI is InChI=1S/C18H17N3O4S/c1-19-16-8-7-15(26(4,22)23)10-17(16)21-12-20-11-13-5-6-14(24-2)9-18(13)25-3/h5-10H,11H2,2-4H3. The minimum atomic E-state index is -3.39. The van der Waals surface area contributed by atoms with Gasteiger partial charge in [0.1, 0.15) is 11.5 Å². The fourth-order valence-corrected chi connectivity index (χ4v) is 2.75. The molecule has 0 atom stereocenters. The third-order valence-electron chi connectivity index (χ3n) is 3.48. The first kappa shape index (κ1) is 19.2. The Morgan fingerprint density at radius 3 is 2.54 bits per heavy atom. The lowest BCUT2D eigenvalue weighted by atomic mass is 10.2. The number of sulfone groups is 1. The summed E-state index contributed by atoms with van der Waals surface area (Å²) in [5.74, 6) is 1.29. The van der Waals surface area contributed by atoms with Gasteiger partial charge in [-0.1, -0.05) is 12.1 Å². The van der Waals surface area contributed by atoms with Crippen LogP contribution in [0.15, 0.2) is 51.3 Å². The molecule has 0 heterocycles. The topological polar surface area (TPSA) is 81.7 Å². The molecule has 2 aromatic rings. The van der Waals surface area contributed by atoms with Gasteiger partial charge in [-0.3, -0.25) is 0 Å². The van der Waals surface area contributed by atoms with Crippen LogP contribution in [0.2, 0.25) is 0 Å². The van der Waals surface area contributed by atoms with Crippen LogP contribution in [0.25, 0.3) is 4.85 Å². The molecule has 2 aromatic carbocycles. The molecule has 0 fully saturated rings. The second-order valence-corrected chi connectivity index (χ2v) is 7.26. The molecular formula is C18H17N3O4S. The third-order valence-corrected chi connectivity index (χ3v) is 4.59. The summed E-state index contributed by atoms with van der Waals surface area (Å²) in [6, 6.07) is 12.0. The molecule has 7 nitrogen and oxygen atoms in total. The van der Waals surface area contributed by atoms with E-state index in [1.54, 1.807) is 26.4 Å². The third kappa shape index (κ3) is 4.70. The first-order valence-electron chi connectivity index (χ1n) is 7.43. The maximum absolute atomic E-state index is 11.6. The molecule has 0 saturated carbocycles. The van der Waals surface area contributed by atoms with Gasteiger partial charge in [0.05, 0.1) is 43.9 Å². The van der Waals surface area contributed by atoms with Crippen molar-refractivity contribution in [3.63, 3.8) is 0 Å². The van der Waals surface area contributed by atoms with Crippen LogP contribution >= 0.6 is 0 Å². The van der Waals surface area contributed by atoms with Crippen LogP contribution < -0.4 is 9.47 Å². The van der Waals surface area contributed by atoms with Crippen molar-refractivity contribution in [2.24, 2.45) is 9.98 Å². The predicted octanol–water partition coefficient (Wildman–Crippen LogP) is 3.66. The summed E-state index contributed by atoms with van der Waals surface area (Å²) in [7, 11) is -0.271. The number of aliphatic imine (C=N–C) groups is 2. The number of nitrogens with zero attached hydrogens (tertiary/aromatic N) is 3. The molecule has 0 aliphatic carbocycles. The zero-order valence-electron chi connectivity index (χ0n) is 14.6. The Morgan fingerprint density at radius 1 is 1.15 bits per heavy atom. The minimum absolute atomic E-state index is 0.0854. The molecule has 0 amide bonds. The van der Waals surface area contributed by atoms with Crippen molar-refractivity contribution in [3.05, 3.63) is 53.4 Å². The van der Waals surface area contributed by atoms with Gasteiger partial charge in [-0.15, -0.1) is 0 Å². The van der Waals surface area contributed by atoms with E-state index in [9.17, 15) is 8.42 Å². The van der Waals surface area contributed by atoms with Crippen LogP contribution in [-0.2, 0) is 16.4 Å². The summed E-state index contributed by atoms with van der Waals surface area (Å²) in [5.41, 5.74) is 1.24. The Kier molecular flexibility index (Phi) is 6.12. The summed E-state index contributed by atoms with van der Waals surface area (Å²) >= 11 is 0. The zero-order valence-corrected chi connectivity index (χ0v) is 15.4. The molecule has 26 heavy (non-hydrogen) atoms. The first-order chi connectivity index (χ1) is 12.4. The maximum Gasteiger partial charge on any atom is 0.213 e. The molecule has 2 rings (SSSR count). The lowest BCUT2D eigenvalue weighted by molar-refractivity contribution is 0.391. The van der Waals surface area contributed by atoms with Gasteiger partial charge in [-0.25, -0.2) is 18.3 Å². The Labute approximate surface area is 152 Å². The highest BCUT2D eigenvalue weighted by Crippen LogP contribution is 2.30. The highest BCUT2D eigenvalue weighted by Gasteiger charge is 2.10. The van der Waals surface area contributed by atoms with Crippen molar-refractivity contribution in [3.8, 4) is 11.5 Å². The summed E-state index contributed by atoms with van der Waals surface area (Å²) in [6.45, 7) is 7.41. The van der Waals surface area contributed by atoms with Crippen LogP contribution in [0.3, 0.4) is 0 Å². The molecule has 134 valence electrons. The smallest absolute Gasteiger partial charge is 0.213 e. The van der Waals surface area contributed by atoms with Gasteiger partial charge in [-0.05, 0) is 18.2 Å². The molecule has 8 heteroatoms. The van der Waals surface area contributed by atoms with E-state index in [1.807, 2.05) is 6.07 Å². The van der Waals surface area contributed by atoms with E-state index in [2.05, 4.69) is 20.8 Å².